The van der Waals surface area contributed by atoms with E-state index in [1.165, 1.54) is 78.9 Å². The first-order valence-electron chi connectivity index (χ1n) is 11.1. The first kappa shape index (κ1) is 29.6. The summed E-state index contributed by atoms with van der Waals surface area (Å²) in [5, 5.41) is -0.221. The Bertz CT molecular complexity index is 1690. The predicted octanol–water partition coefficient (Wildman–Crippen LogP) is 6.75. The van der Waals surface area contributed by atoms with Crippen LogP contribution in [0.2, 0.25) is 15.1 Å². The van der Waals surface area contributed by atoms with Crippen molar-refractivity contribution in [3.63, 3.8) is 0 Å². The van der Waals surface area contributed by atoms with Crippen molar-refractivity contribution in [1.82, 2.24) is 0 Å². The second-order valence-electron chi connectivity index (χ2n) is 8.62. The van der Waals surface area contributed by atoms with E-state index in [2.05, 4.69) is 15.9 Å². The van der Waals surface area contributed by atoms with Gasteiger partial charge in [0.15, 0.2) is 19.7 Å². The van der Waals surface area contributed by atoms with Gasteiger partial charge in [-0.3, -0.25) is 0 Å². The highest BCUT2D eigenvalue weighted by atomic mass is 79.9. The van der Waals surface area contributed by atoms with E-state index in [0.29, 0.717) is 15.1 Å². The Balaban J connectivity index is 1.81. The van der Waals surface area contributed by atoms with Gasteiger partial charge in [-0.05, 0) is 85.6 Å². The van der Waals surface area contributed by atoms with Gasteiger partial charge in [0.2, 0.25) is 9.84 Å². The molecule has 202 valence electrons. The number of hydrogen-bond acceptors (Lipinski definition) is 6. The molecule has 6 nitrogen and oxygen atoms in total. The maximum absolute atomic E-state index is 13.7. The van der Waals surface area contributed by atoms with Crippen LogP contribution in [0.5, 0.6) is 0 Å². The van der Waals surface area contributed by atoms with Gasteiger partial charge >= 0.3 is 0 Å². The summed E-state index contributed by atoms with van der Waals surface area (Å²) in [7, 11) is -12.3. The fourth-order valence-electron chi connectivity index (χ4n) is 4.26. The minimum atomic E-state index is -4.14. The van der Waals surface area contributed by atoms with Gasteiger partial charge in [0.05, 0.1) is 19.9 Å². The summed E-state index contributed by atoms with van der Waals surface area (Å²) in [6, 6.07) is 16.6. The fraction of sp³-hybridized carbons (Fsp3) is 0.200. The highest BCUT2D eigenvalue weighted by Crippen LogP contribution is 2.43. The van der Waals surface area contributed by atoms with Gasteiger partial charge in [-0.1, -0.05) is 56.8 Å². The van der Waals surface area contributed by atoms with Crippen LogP contribution in [-0.4, -0.2) is 34.7 Å². The standard InChI is InChI=1S/C25H20BrCl3O6S3/c26-25(38(34,35)21-11-5-18(29)6-12-21)23-15-22(36(30,31)19-7-1-16(27)2-8-19)13-14-24(23)37(32,33)20-9-3-17(28)4-10-20/h1-13,23-25H,14-15H2/t23-,24+,25?/m0/s1. The summed E-state index contributed by atoms with van der Waals surface area (Å²) in [4.78, 5) is -0.221. The van der Waals surface area contributed by atoms with Crippen molar-refractivity contribution in [3.05, 3.63) is 98.8 Å². The summed E-state index contributed by atoms with van der Waals surface area (Å²) >= 11 is 21.0. The molecule has 0 heterocycles. The zero-order valence-electron chi connectivity index (χ0n) is 19.3. The number of alkyl halides is 1. The fourth-order valence-corrected chi connectivity index (χ4v) is 11.1. The van der Waals surface area contributed by atoms with E-state index in [9.17, 15) is 25.3 Å². The van der Waals surface area contributed by atoms with Gasteiger partial charge in [-0.15, -0.1) is 0 Å². The number of halogens is 4. The van der Waals surface area contributed by atoms with Crippen molar-refractivity contribution in [2.45, 2.75) is 36.9 Å². The van der Waals surface area contributed by atoms with E-state index in [1.807, 2.05) is 0 Å². The highest BCUT2D eigenvalue weighted by Gasteiger charge is 2.46. The summed E-state index contributed by atoms with van der Waals surface area (Å²) in [5.74, 6) is -1.15. The van der Waals surface area contributed by atoms with Crippen molar-refractivity contribution >= 4 is 80.2 Å². The molecule has 0 bridgehead atoms. The Hall–Kier alpha value is -1.40. The van der Waals surface area contributed by atoms with Crippen LogP contribution in [0, 0.1) is 5.92 Å². The van der Waals surface area contributed by atoms with Crippen LogP contribution < -0.4 is 0 Å². The van der Waals surface area contributed by atoms with Crippen LogP contribution in [-0.2, 0) is 29.5 Å². The number of rotatable bonds is 7. The average molecular weight is 699 g/mol. The molecule has 1 aliphatic rings. The molecule has 3 aromatic carbocycles. The zero-order valence-corrected chi connectivity index (χ0v) is 25.6. The van der Waals surface area contributed by atoms with Crippen molar-refractivity contribution in [1.29, 1.82) is 0 Å². The molecule has 0 radical (unpaired) electrons. The van der Waals surface area contributed by atoms with Crippen molar-refractivity contribution in [2.24, 2.45) is 5.92 Å². The van der Waals surface area contributed by atoms with Gasteiger partial charge in [0.25, 0.3) is 0 Å². The predicted molar refractivity (Wildman–Crippen MR) is 153 cm³/mol. The Morgan fingerprint density at radius 1 is 0.658 bits per heavy atom. The molecule has 1 aliphatic carbocycles. The maximum atomic E-state index is 13.7. The number of sulfone groups is 3. The molecule has 0 saturated carbocycles. The second kappa shape index (κ2) is 11.2. The summed E-state index contributed by atoms with van der Waals surface area (Å²) in [6.45, 7) is 0. The average Bonchev–Trinajstić information content (AvgIpc) is 2.88. The molecular formula is C25H20BrCl3O6S3. The SMILES string of the molecule is O=S(=O)(C1=CC[C@@H](S(=O)(=O)c2ccc(Cl)cc2)[C@@H](C(Br)S(=O)(=O)c2ccc(Cl)cc2)C1)c1ccc(Cl)cc1. The topological polar surface area (TPSA) is 102 Å². The molecule has 0 saturated heterocycles. The Morgan fingerprint density at radius 3 is 1.55 bits per heavy atom. The van der Waals surface area contributed by atoms with E-state index in [1.54, 1.807) is 0 Å². The normalized spacial score (nSPS) is 19.5. The van der Waals surface area contributed by atoms with Crippen LogP contribution in [0.3, 0.4) is 0 Å². The van der Waals surface area contributed by atoms with Gasteiger partial charge in [0.1, 0.15) is 4.16 Å². The van der Waals surface area contributed by atoms with E-state index in [4.69, 9.17) is 34.8 Å². The highest BCUT2D eigenvalue weighted by molar-refractivity contribution is 9.11. The number of benzene rings is 3. The van der Waals surface area contributed by atoms with Gasteiger partial charge in [-0.25, -0.2) is 25.3 Å². The molecule has 0 aliphatic heterocycles. The maximum Gasteiger partial charge on any atom is 0.202 e. The first-order valence-corrected chi connectivity index (χ1v) is 17.7. The van der Waals surface area contributed by atoms with Gasteiger partial charge < -0.3 is 0 Å². The molecule has 13 heteroatoms. The van der Waals surface area contributed by atoms with Crippen LogP contribution in [0.25, 0.3) is 0 Å². The number of hydrogen-bond donors (Lipinski definition) is 0. The molecule has 38 heavy (non-hydrogen) atoms. The van der Waals surface area contributed by atoms with E-state index < -0.39 is 44.8 Å². The van der Waals surface area contributed by atoms with Crippen molar-refractivity contribution in [2.75, 3.05) is 0 Å². The monoisotopic (exact) mass is 696 g/mol. The lowest BCUT2D eigenvalue weighted by atomic mass is 9.95. The summed E-state index contributed by atoms with van der Waals surface area (Å²) in [6.07, 6.45) is 0.814. The molecule has 4 rings (SSSR count). The van der Waals surface area contributed by atoms with E-state index in [0.717, 1.165) is 0 Å². The van der Waals surface area contributed by atoms with Gasteiger partial charge in [-0.2, -0.15) is 0 Å². The lowest BCUT2D eigenvalue weighted by molar-refractivity contribution is 0.472. The minimum Gasteiger partial charge on any atom is -0.223 e. The third-order valence-electron chi connectivity index (χ3n) is 6.28. The quantitative estimate of drug-likeness (QED) is 0.253. The lowest BCUT2D eigenvalue weighted by Crippen LogP contribution is -2.41. The largest absolute Gasteiger partial charge is 0.223 e. The summed E-state index contributed by atoms with van der Waals surface area (Å²) in [5.41, 5.74) is 0. The molecule has 1 unspecified atom stereocenters. The molecule has 0 N–H and O–H groups in total. The van der Waals surface area contributed by atoms with E-state index >= 15 is 0 Å². The zero-order chi connectivity index (χ0) is 27.9. The van der Waals surface area contributed by atoms with Crippen LogP contribution in [0.4, 0.5) is 0 Å². The Morgan fingerprint density at radius 2 is 1.08 bits per heavy atom. The minimum absolute atomic E-state index is 0.0300. The molecule has 0 aromatic heterocycles. The molecule has 0 spiro atoms. The molecular weight excluding hydrogens is 679 g/mol. The van der Waals surface area contributed by atoms with Crippen molar-refractivity contribution < 1.29 is 25.3 Å². The Labute approximate surface area is 245 Å². The van der Waals surface area contributed by atoms with Gasteiger partial charge in [0, 0.05) is 25.9 Å². The Kier molecular flexibility index (Phi) is 8.74. The van der Waals surface area contributed by atoms with Crippen LogP contribution >= 0.6 is 50.7 Å². The third-order valence-corrected chi connectivity index (χ3v) is 15.2. The van der Waals surface area contributed by atoms with E-state index in [-0.39, 0.29) is 32.4 Å². The first-order chi connectivity index (χ1) is 17.7. The molecule has 0 amide bonds. The molecule has 3 aromatic rings. The molecule has 3 atom stereocenters. The lowest BCUT2D eigenvalue weighted by Gasteiger charge is -2.34. The second-order valence-corrected chi connectivity index (χ2v) is 17.8. The molecule has 0 fully saturated rings. The van der Waals surface area contributed by atoms with Crippen LogP contribution in [0.15, 0.2) is 98.5 Å². The smallest absolute Gasteiger partial charge is 0.202 e. The number of allylic oxidation sites excluding steroid dienone is 2. The van der Waals surface area contributed by atoms with Crippen LogP contribution in [0.1, 0.15) is 12.8 Å². The summed E-state index contributed by atoms with van der Waals surface area (Å²) < 4.78 is 80.0. The van der Waals surface area contributed by atoms with Crippen molar-refractivity contribution in [3.8, 4) is 0 Å². The third kappa shape index (κ3) is 5.87.